The minimum Gasteiger partial charge on any atom is -0.356 e. The van der Waals surface area contributed by atoms with Gasteiger partial charge in [0.15, 0.2) is 0 Å². The van der Waals surface area contributed by atoms with Crippen LogP contribution in [0, 0.1) is 11.7 Å². The van der Waals surface area contributed by atoms with Crippen molar-refractivity contribution in [2.24, 2.45) is 11.7 Å². The van der Waals surface area contributed by atoms with Crippen molar-refractivity contribution >= 4 is 5.91 Å². The van der Waals surface area contributed by atoms with Gasteiger partial charge in [0.05, 0.1) is 0 Å². The highest BCUT2D eigenvalue weighted by molar-refractivity contribution is 5.76. The van der Waals surface area contributed by atoms with Gasteiger partial charge in [-0.3, -0.25) is 4.79 Å². The number of carbonyl (C=O) groups excluding carboxylic acids is 1. The van der Waals surface area contributed by atoms with Crippen LogP contribution in [0.4, 0.5) is 4.39 Å². The first-order valence-electron chi connectivity index (χ1n) is 6.92. The number of nitrogens with two attached hydrogens (primary N) is 1. The van der Waals surface area contributed by atoms with Gasteiger partial charge in [0.25, 0.3) is 0 Å². The van der Waals surface area contributed by atoms with Crippen molar-refractivity contribution in [2.75, 3.05) is 6.54 Å². The van der Waals surface area contributed by atoms with Crippen LogP contribution in [0.3, 0.4) is 0 Å². The highest BCUT2D eigenvalue weighted by atomic mass is 19.1. The van der Waals surface area contributed by atoms with E-state index in [1.54, 1.807) is 6.07 Å². The molecule has 3 N–H and O–H groups in total. The number of amides is 1. The number of rotatable bonds is 5. The van der Waals surface area contributed by atoms with Gasteiger partial charge >= 0.3 is 0 Å². The van der Waals surface area contributed by atoms with Gasteiger partial charge in [0.1, 0.15) is 5.82 Å². The van der Waals surface area contributed by atoms with E-state index in [0.29, 0.717) is 25.3 Å². The third-order valence-corrected chi connectivity index (χ3v) is 3.79. The van der Waals surface area contributed by atoms with Crippen LogP contribution in [0.15, 0.2) is 24.3 Å². The van der Waals surface area contributed by atoms with Gasteiger partial charge in [-0.05, 0) is 42.9 Å². The Labute approximate surface area is 113 Å². The third kappa shape index (κ3) is 4.31. The number of halogens is 1. The second kappa shape index (κ2) is 6.66. The smallest absolute Gasteiger partial charge is 0.220 e. The lowest BCUT2D eigenvalue weighted by Gasteiger charge is -2.14. The summed E-state index contributed by atoms with van der Waals surface area (Å²) in [7, 11) is 0. The minimum atomic E-state index is -0.235. The zero-order valence-electron chi connectivity index (χ0n) is 11.1. The van der Waals surface area contributed by atoms with E-state index in [1.165, 1.54) is 12.1 Å². The molecule has 0 aliphatic heterocycles. The van der Waals surface area contributed by atoms with Crippen molar-refractivity contribution in [2.45, 2.75) is 38.1 Å². The molecule has 1 aromatic rings. The fourth-order valence-electron chi connectivity index (χ4n) is 2.67. The number of hydrogen-bond donors (Lipinski definition) is 2. The SMILES string of the molecule is N[C@@H]1CCC[C@H]1CC(=O)NCCc1cccc(F)c1. The number of hydrogen-bond acceptors (Lipinski definition) is 2. The molecule has 0 unspecified atom stereocenters. The summed E-state index contributed by atoms with van der Waals surface area (Å²) in [5.41, 5.74) is 6.84. The highest BCUT2D eigenvalue weighted by Gasteiger charge is 2.25. The van der Waals surface area contributed by atoms with E-state index in [-0.39, 0.29) is 17.8 Å². The van der Waals surface area contributed by atoms with Crippen LogP contribution >= 0.6 is 0 Å². The molecule has 1 saturated carbocycles. The molecule has 1 amide bonds. The predicted octanol–water partition coefficient (Wildman–Crippen LogP) is 2.00. The maximum Gasteiger partial charge on any atom is 0.220 e. The maximum atomic E-state index is 13.0. The molecule has 104 valence electrons. The van der Waals surface area contributed by atoms with Crippen molar-refractivity contribution in [3.8, 4) is 0 Å². The Bertz CT molecular complexity index is 436. The average Bonchev–Trinajstić information content (AvgIpc) is 2.75. The van der Waals surface area contributed by atoms with Gasteiger partial charge in [-0.2, -0.15) is 0 Å². The fraction of sp³-hybridized carbons (Fsp3) is 0.533. The first-order valence-corrected chi connectivity index (χ1v) is 6.92. The fourth-order valence-corrected chi connectivity index (χ4v) is 2.67. The molecule has 0 aromatic heterocycles. The summed E-state index contributed by atoms with van der Waals surface area (Å²) in [5, 5.41) is 2.88. The van der Waals surface area contributed by atoms with Gasteiger partial charge in [-0.15, -0.1) is 0 Å². The molecule has 3 nitrogen and oxygen atoms in total. The molecule has 0 radical (unpaired) electrons. The van der Waals surface area contributed by atoms with E-state index in [0.717, 1.165) is 24.8 Å². The summed E-state index contributed by atoms with van der Waals surface area (Å²) in [6.45, 7) is 0.546. The van der Waals surface area contributed by atoms with Gasteiger partial charge in [0.2, 0.25) is 5.91 Å². The van der Waals surface area contributed by atoms with E-state index in [4.69, 9.17) is 5.73 Å². The highest BCUT2D eigenvalue weighted by Crippen LogP contribution is 2.26. The van der Waals surface area contributed by atoms with Gasteiger partial charge in [0, 0.05) is 19.0 Å². The first kappa shape index (κ1) is 14.0. The number of nitrogens with one attached hydrogen (secondary N) is 1. The normalized spacial score (nSPS) is 22.4. The molecular formula is C15H21FN2O. The molecule has 0 spiro atoms. The van der Waals surface area contributed by atoms with Crippen LogP contribution in [-0.2, 0) is 11.2 Å². The zero-order valence-corrected chi connectivity index (χ0v) is 11.1. The van der Waals surface area contributed by atoms with Gasteiger partial charge < -0.3 is 11.1 Å². The van der Waals surface area contributed by atoms with E-state index >= 15 is 0 Å². The van der Waals surface area contributed by atoms with Crippen LogP contribution in [0.1, 0.15) is 31.2 Å². The van der Waals surface area contributed by atoms with Crippen LogP contribution in [-0.4, -0.2) is 18.5 Å². The first-order chi connectivity index (χ1) is 9.15. The number of benzene rings is 1. The molecule has 19 heavy (non-hydrogen) atoms. The average molecular weight is 264 g/mol. The second-order valence-corrected chi connectivity index (χ2v) is 5.29. The van der Waals surface area contributed by atoms with Crippen molar-refractivity contribution in [1.82, 2.24) is 5.32 Å². The topological polar surface area (TPSA) is 55.1 Å². The minimum absolute atomic E-state index is 0.0544. The molecule has 0 saturated heterocycles. The van der Waals surface area contributed by atoms with Crippen molar-refractivity contribution < 1.29 is 9.18 Å². The molecule has 1 aliphatic rings. The number of carbonyl (C=O) groups is 1. The molecule has 4 heteroatoms. The molecule has 0 bridgehead atoms. The predicted molar refractivity (Wildman–Crippen MR) is 73.0 cm³/mol. The summed E-state index contributed by atoms with van der Waals surface area (Å²) in [6.07, 6.45) is 4.38. The Balaban J connectivity index is 1.69. The Morgan fingerprint density at radius 1 is 1.42 bits per heavy atom. The van der Waals surface area contributed by atoms with Gasteiger partial charge in [-0.1, -0.05) is 18.6 Å². The second-order valence-electron chi connectivity index (χ2n) is 5.29. The maximum absolute atomic E-state index is 13.0. The largest absolute Gasteiger partial charge is 0.356 e. The summed E-state index contributed by atoms with van der Waals surface area (Å²) >= 11 is 0. The molecule has 1 aromatic carbocycles. The zero-order chi connectivity index (χ0) is 13.7. The van der Waals surface area contributed by atoms with Crippen LogP contribution in [0.25, 0.3) is 0 Å². The van der Waals surface area contributed by atoms with E-state index in [2.05, 4.69) is 5.32 Å². The standard InChI is InChI=1S/C15H21FN2O/c16-13-5-1-3-11(9-13)7-8-18-15(19)10-12-4-2-6-14(12)17/h1,3,5,9,12,14H,2,4,6-8,10,17H2,(H,18,19)/t12-,14+/m0/s1. The lowest BCUT2D eigenvalue weighted by atomic mass is 10.00. The van der Waals surface area contributed by atoms with Crippen LogP contribution in [0.5, 0.6) is 0 Å². The van der Waals surface area contributed by atoms with Crippen molar-refractivity contribution in [3.63, 3.8) is 0 Å². The molecule has 1 fully saturated rings. The van der Waals surface area contributed by atoms with E-state index in [1.807, 2.05) is 6.07 Å². The third-order valence-electron chi connectivity index (χ3n) is 3.79. The van der Waals surface area contributed by atoms with Crippen molar-refractivity contribution in [3.05, 3.63) is 35.6 Å². The summed E-state index contributed by atoms with van der Waals surface area (Å²) < 4.78 is 13.0. The van der Waals surface area contributed by atoms with Crippen LogP contribution in [0.2, 0.25) is 0 Å². The molecule has 0 heterocycles. The van der Waals surface area contributed by atoms with Gasteiger partial charge in [-0.25, -0.2) is 4.39 Å². The lowest BCUT2D eigenvalue weighted by molar-refractivity contribution is -0.122. The monoisotopic (exact) mass is 264 g/mol. The molecular weight excluding hydrogens is 243 g/mol. The Kier molecular flexibility index (Phi) is 4.91. The molecule has 1 aliphatic carbocycles. The van der Waals surface area contributed by atoms with Crippen molar-refractivity contribution in [1.29, 1.82) is 0 Å². The summed E-state index contributed by atoms with van der Waals surface area (Å²) in [6, 6.07) is 6.64. The summed E-state index contributed by atoms with van der Waals surface area (Å²) in [4.78, 5) is 11.8. The molecule has 2 rings (SSSR count). The Morgan fingerprint density at radius 2 is 2.26 bits per heavy atom. The van der Waals surface area contributed by atoms with E-state index in [9.17, 15) is 9.18 Å². The molecule has 2 atom stereocenters. The Morgan fingerprint density at radius 3 is 2.95 bits per heavy atom. The quantitative estimate of drug-likeness (QED) is 0.854. The Hall–Kier alpha value is -1.42. The summed E-state index contributed by atoms with van der Waals surface area (Å²) in [5.74, 6) is 0.147. The van der Waals surface area contributed by atoms with Crippen LogP contribution < -0.4 is 11.1 Å². The van der Waals surface area contributed by atoms with E-state index < -0.39 is 0 Å². The lowest BCUT2D eigenvalue weighted by Crippen LogP contribution is -2.32.